The Morgan fingerprint density at radius 2 is 1.96 bits per heavy atom. The van der Waals surface area contributed by atoms with Gasteiger partial charge in [-0.1, -0.05) is 23.2 Å². The molecule has 0 saturated carbocycles. The van der Waals surface area contributed by atoms with E-state index in [1.54, 1.807) is 24.3 Å². The van der Waals surface area contributed by atoms with Crippen LogP contribution in [0, 0.1) is 0 Å². The topological polar surface area (TPSA) is 50.7 Å². The fraction of sp³-hybridized carbons (Fsp3) is 0.222. The Morgan fingerprint density at radius 1 is 1.24 bits per heavy atom. The highest BCUT2D eigenvalue weighted by molar-refractivity contribution is 8.00. The van der Waals surface area contributed by atoms with E-state index in [1.807, 2.05) is 32.0 Å². The first-order chi connectivity index (χ1) is 11.9. The van der Waals surface area contributed by atoms with E-state index in [1.165, 1.54) is 18.0 Å². The number of thioether (sulfide) groups is 1. The normalized spacial score (nSPS) is 11.1. The van der Waals surface area contributed by atoms with Gasteiger partial charge in [-0.05, 0) is 61.9 Å². The SMILES string of the molecule is CC(C)Oc1ccc(/C=N\NC(=O)CSc2ccc(Cl)cc2)cc1Cl. The predicted octanol–water partition coefficient (Wildman–Crippen LogP) is 5.02. The van der Waals surface area contributed by atoms with Crippen molar-refractivity contribution in [3.05, 3.63) is 58.1 Å². The van der Waals surface area contributed by atoms with Crippen LogP contribution < -0.4 is 10.2 Å². The molecule has 0 saturated heterocycles. The number of hydrogen-bond acceptors (Lipinski definition) is 4. The van der Waals surface area contributed by atoms with Crippen LogP contribution in [0.2, 0.25) is 10.0 Å². The second-order valence-electron chi connectivity index (χ2n) is 5.39. The fourth-order valence-electron chi connectivity index (χ4n) is 1.84. The van der Waals surface area contributed by atoms with Crippen molar-refractivity contribution in [2.24, 2.45) is 5.10 Å². The molecule has 25 heavy (non-hydrogen) atoms. The molecular formula is C18H18Cl2N2O2S. The zero-order valence-electron chi connectivity index (χ0n) is 13.8. The molecule has 0 aliphatic rings. The lowest BCUT2D eigenvalue weighted by atomic mass is 10.2. The number of benzene rings is 2. The number of carbonyl (C=O) groups excluding carboxylic acids is 1. The third kappa shape index (κ3) is 6.98. The van der Waals surface area contributed by atoms with Crippen LogP contribution in [-0.4, -0.2) is 24.0 Å². The lowest BCUT2D eigenvalue weighted by Crippen LogP contribution is -2.19. The number of rotatable bonds is 7. The number of nitrogens with zero attached hydrogens (tertiary/aromatic N) is 1. The van der Waals surface area contributed by atoms with E-state index in [-0.39, 0.29) is 17.8 Å². The number of hydrazone groups is 1. The van der Waals surface area contributed by atoms with Crippen LogP contribution in [0.1, 0.15) is 19.4 Å². The van der Waals surface area contributed by atoms with Crippen molar-refractivity contribution in [2.75, 3.05) is 5.75 Å². The Bertz CT molecular complexity index is 749. The minimum atomic E-state index is -0.193. The third-order valence-corrected chi connectivity index (χ3v) is 4.46. The van der Waals surface area contributed by atoms with Crippen molar-refractivity contribution in [3.8, 4) is 5.75 Å². The third-order valence-electron chi connectivity index (χ3n) is 2.91. The molecule has 0 radical (unpaired) electrons. The average Bonchev–Trinajstić information content (AvgIpc) is 2.56. The summed E-state index contributed by atoms with van der Waals surface area (Å²) in [5.74, 6) is 0.695. The van der Waals surface area contributed by atoms with E-state index in [2.05, 4.69) is 10.5 Å². The van der Waals surface area contributed by atoms with Crippen LogP contribution in [0.3, 0.4) is 0 Å². The number of hydrogen-bond donors (Lipinski definition) is 1. The summed E-state index contributed by atoms with van der Waals surface area (Å²) in [4.78, 5) is 12.8. The summed E-state index contributed by atoms with van der Waals surface area (Å²) < 4.78 is 5.57. The first-order valence-corrected chi connectivity index (χ1v) is 9.34. The second-order valence-corrected chi connectivity index (χ2v) is 7.28. The molecule has 0 spiro atoms. The van der Waals surface area contributed by atoms with Crippen molar-refractivity contribution < 1.29 is 9.53 Å². The van der Waals surface area contributed by atoms with Crippen LogP contribution in [0.15, 0.2) is 52.5 Å². The average molecular weight is 397 g/mol. The Balaban J connectivity index is 1.82. The minimum Gasteiger partial charge on any atom is -0.489 e. The van der Waals surface area contributed by atoms with Crippen LogP contribution in [-0.2, 0) is 4.79 Å². The molecular weight excluding hydrogens is 379 g/mol. The van der Waals surface area contributed by atoms with Gasteiger partial charge in [-0.15, -0.1) is 11.8 Å². The largest absolute Gasteiger partial charge is 0.489 e. The number of carbonyl (C=O) groups is 1. The summed E-state index contributed by atoms with van der Waals surface area (Å²) in [5.41, 5.74) is 3.26. The maximum absolute atomic E-state index is 11.8. The second kappa shape index (κ2) is 9.70. The smallest absolute Gasteiger partial charge is 0.250 e. The highest BCUT2D eigenvalue weighted by Gasteiger charge is 2.05. The summed E-state index contributed by atoms with van der Waals surface area (Å²) in [6.07, 6.45) is 1.59. The molecule has 0 fully saturated rings. The van der Waals surface area contributed by atoms with Gasteiger partial charge in [0.25, 0.3) is 0 Å². The van der Waals surface area contributed by atoms with Gasteiger partial charge in [-0.3, -0.25) is 4.79 Å². The molecule has 0 aromatic heterocycles. The summed E-state index contributed by atoms with van der Waals surface area (Å²) in [6, 6.07) is 12.6. The minimum absolute atomic E-state index is 0.0504. The van der Waals surface area contributed by atoms with Crippen molar-refractivity contribution >= 4 is 47.1 Å². The standard InChI is InChI=1S/C18H18Cl2N2O2S/c1-12(2)24-17-8-3-13(9-16(17)20)10-21-22-18(23)11-25-15-6-4-14(19)5-7-15/h3-10,12H,11H2,1-2H3,(H,22,23)/b21-10-. The summed E-state index contributed by atoms with van der Waals surface area (Å²) >= 11 is 13.4. The van der Waals surface area contributed by atoms with Crippen molar-refractivity contribution in [1.82, 2.24) is 5.43 Å². The van der Waals surface area contributed by atoms with E-state index in [0.717, 1.165) is 10.5 Å². The lowest BCUT2D eigenvalue weighted by molar-refractivity contribution is -0.118. The highest BCUT2D eigenvalue weighted by atomic mass is 35.5. The zero-order valence-corrected chi connectivity index (χ0v) is 16.2. The van der Waals surface area contributed by atoms with E-state index in [0.29, 0.717) is 15.8 Å². The maximum atomic E-state index is 11.8. The van der Waals surface area contributed by atoms with Crippen molar-refractivity contribution in [1.29, 1.82) is 0 Å². The van der Waals surface area contributed by atoms with Crippen LogP contribution >= 0.6 is 35.0 Å². The molecule has 2 aromatic rings. The molecule has 0 aliphatic carbocycles. The van der Waals surface area contributed by atoms with Crippen molar-refractivity contribution in [3.63, 3.8) is 0 Å². The quantitative estimate of drug-likeness (QED) is 0.405. The van der Waals surface area contributed by atoms with Gasteiger partial charge in [0.05, 0.1) is 23.1 Å². The first-order valence-electron chi connectivity index (χ1n) is 7.60. The highest BCUT2D eigenvalue weighted by Crippen LogP contribution is 2.25. The van der Waals surface area contributed by atoms with E-state index < -0.39 is 0 Å². The molecule has 0 heterocycles. The number of halogens is 2. The van der Waals surface area contributed by atoms with Crippen LogP contribution in [0.25, 0.3) is 0 Å². The maximum Gasteiger partial charge on any atom is 0.250 e. The predicted molar refractivity (Wildman–Crippen MR) is 105 cm³/mol. The van der Waals surface area contributed by atoms with E-state index in [4.69, 9.17) is 27.9 Å². The molecule has 0 bridgehead atoms. The Kier molecular flexibility index (Phi) is 7.62. The van der Waals surface area contributed by atoms with Crippen LogP contribution in [0.5, 0.6) is 5.75 Å². The molecule has 2 rings (SSSR count). The fourth-order valence-corrected chi connectivity index (χ4v) is 2.89. The molecule has 2 aromatic carbocycles. The number of ether oxygens (including phenoxy) is 1. The molecule has 0 aliphatic heterocycles. The summed E-state index contributed by atoms with van der Waals surface area (Å²) in [6.45, 7) is 3.87. The number of nitrogens with one attached hydrogen (secondary N) is 1. The summed E-state index contributed by atoms with van der Waals surface area (Å²) in [7, 11) is 0. The monoisotopic (exact) mass is 396 g/mol. The molecule has 0 atom stereocenters. The Hall–Kier alpha value is -1.69. The Morgan fingerprint density at radius 3 is 2.60 bits per heavy atom. The van der Waals surface area contributed by atoms with Gasteiger partial charge in [-0.2, -0.15) is 5.10 Å². The molecule has 1 N–H and O–H groups in total. The summed E-state index contributed by atoms with van der Waals surface area (Å²) in [5, 5.41) is 5.11. The van der Waals surface area contributed by atoms with E-state index >= 15 is 0 Å². The Labute approximate surface area is 161 Å². The molecule has 0 unspecified atom stereocenters. The molecule has 4 nitrogen and oxygen atoms in total. The number of amides is 1. The molecule has 132 valence electrons. The van der Waals surface area contributed by atoms with Gasteiger partial charge < -0.3 is 4.74 Å². The van der Waals surface area contributed by atoms with Gasteiger partial charge in [-0.25, -0.2) is 5.43 Å². The van der Waals surface area contributed by atoms with Gasteiger partial charge in [0, 0.05) is 9.92 Å². The zero-order chi connectivity index (χ0) is 18.2. The van der Waals surface area contributed by atoms with Gasteiger partial charge in [0.15, 0.2) is 0 Å². The lowest BCUT2D eigenvalue weighted by Gasteiger charge is -2.11. The van der Waals surface area contributed by atoms with Gasteiger partial charge in [0.1, 0.15) is 5.75 Å². The molecule has 1 amide bonds. The van der Waals surface area contributed by atoms with Gasteiger partial charge >= 0.3 is 0 Å². The van der Waals surface area contributed by atoms with E-state index in [9.17, 15) is 4.79 Å². The molecule has 7 heteroatoms. The van der Waals surface area contributed by atoms with Crippen molar-refractivity contribution in [2.45, 2.75) is 24.8 Å². The van der Waals surface area contributed by atoms with Gasteiger partial charge in [0.2, 0.25) is 5.91 Å². The first kappa shape index (κ1) is 19.6. The van der Waals surface area contributed by atoms with Crippen LogP contribution in [0.4, 0.5) is 0 Å².